The molecule has 0 saturated carbocycles. The van der Waals surface area contributed by atoms with Crippen molar-refractivity contribution in [1.29, 1.82) is 0 Å². The Hall–Kier alpha value is -3.27. The molecule has 2 aromatic rings. The molecule has 7 nitrogen and oxygen atoms in total. The number of rotatable bonds is 7. The number of halogens is 3. The zero-order chi connectivity index (χ0) is 21.4. The SMILES string of the molecule is CN(C)CCNC(=O)c1ccc(NC(=O)Nc2ccc(OC(F)(F)F)cc2)cc1. The van der Waals surface area contributed by atoms with E-state index in [1.54, 1.807) is 24.3 Å². The number of ether oxygens (including phenoxy) is 1. The van der Waals surface area contributed by atoms with Crippen LogP contribution in [0.1, 0.15) is 10.4 Å². The molecule has 0 aliphatic rings. The summed E-state index contributed by atoms with van der Waals surface area (Å²) in [4.78, 5) is 26.0. The van der Waals surface area contributed by atoms with E-state index in [9.17, 15) is 22.8 Å². The van der Waals surface area contributed by atoms with Gasteiger partial charge in [-0.15, -0.1) is 13.2 Å². The molecule has 0 aliphatic heterocycles. The van der Waals surface area contributed by atoms with Crippen molar-refractivity contribution in [3.63, 3.8) is 0 Å². The third-order valence-corrected chi connectivity index (χ3v) is 3.60. The first-order valence-corrected chi connectivity index (χ1v) is 8.59. The van der Waals surface area contributed by atoms with Gasteiger partial charge in [0.15, 0.2) is 0 Å². The number of alkyl halides is 3. The molecular weight excluding hydrogens is 389 g/mol. The molecule has 0 aromatic heterocycles. The zero-order valence-electron chi connectivity index (χ0n) is 15.8. The van der Waals surface area contributed by atoms with Crippen LogP contribution in [-0.2, 0) is 0 Å². The van der Waals surface area contributed by atoms with Crippen molar-refractivity contribution in [1.82, 2.24) is 10.2 Å². The second kappa shape index (κ2) is 9.78. The molecule has 0 unspecified atom stereocenters. The fourth-order valence-electron chi connectivity index (χ4n) is 2.23. The molecule has 0 radical (unpaired) electrons. The van der Waals surface area contributed by atoms with Crippen molar-refractivity contribution in [3.8, 4) is 5.75 Å². The maximum atomic E-state index is 12.1. The number of hydrogen-bond acceptors (Lipinski definition) is 4. The third-order valence-electron chi connectivity index (χ3n) is 3.60. The van der Waals surface area contributed by atoms with Gasteiger partial charge in [0.2, 0.25) is 0 Å². The average molecular weight is 410 g/mol. The van der Waals surface area contributed by atoms with E-state index >= 15 is 0 Å². The maximum absolute atomic E-state index is 12.1. The molecule has 2 aromatic carbocycles. The lowest BCUT2D eigenvalue weighted by Gasteiger charge is -2.11. The normalized spacial score (nSPS) is 11.1. The summed E-state index contributed by atoms with van der Waals surface area (Å²) in [6.45, 7) is 1.23. The molecule has 3 N–H and O–H groups in total. The molecule has 0 atom stereocenters. The van der Waals surface area contributed by atoms with Crippen LogP contribution >= 0.6 is 0 Å². The summed E-state index contributed by atoms with van der Waals surface area (Å²) in [5, 5.41) is 7.83. The molecule has 0 saturated heterocycles. The number of carbonyl (C=O) groups is 2. The lowest BCUT2D eigenvalue weighted by molar-refractivity contribution is -0.274. The molecule has 0 aliphatic carbocycles. The van der Waals surface area contributed by atoms with Crippen molar-refractivity contribution in [3.05, 3.63) is 54.1 Å². The highest BCUT2D eigenvalue weighted by atomic mass is 19.4. The van der Waals surface area contributed by atoms with Crippen molar-refractivity contribution in [2.75, 3.05) is 37.8 Å². The number of hydrogen-bond donors (Lipinski definition) is 3. The van der Waals surface area contributed by atoms with E-state index in [1.165, 1.54) is 12.1 Å². The summed E-state index contributed by atoms with van der Waals surface area (Å²) >= 11 is 0. The lowest BCUT2D eigenvalue weighted by Crippen LogP contribution is -2.31. The minimum Gasteiger partial charge on any atom is -0.406 e. The molecule has 3 amide bonds. The first-order chi connectivity index (χ1) is 13.6. The van der Waals surface area contributed by atoms with Crippen LogP contribution in [0.5, 0.6) is 5.75 Å². The van der Waals surface area contributed by atoms with Crippen LogP contribution in [0.3, 0.4) is 0 Å². The number of nitrogens with zero attached hydrogens (tertiary/aromatic N) is 1. The molecule has 0 heterocycles. The Bertz CT molecular complexity index is 822. The van der Waals surface area contributed by atoms with Crippen molar-refractivity contribution in [2.24, 2.45) is 0 Å². The van der Waals surface area contributed by atoms with Gasteiger partial charge in [0.25, 0.3) is 5.91 Å². The van der Waals surface area contributed by atoms with E-state index in [0.717, 1.165) is 18.7 Å². The van der Waals surface area contributed by atoms with Crippen molar-refractivity contribution < 1.29 is 27.5 Å². The first-order valence-electron chi connectivity index (χ1n) is 8.59. The van der Waals surface area contributed by atoms with Gasteiger partial charge in [0, 0.05) is 30.0 Å². The van der Waals surface area contributed by atoms with Gasteiger partial charge in [-0.05, 0) is 62.6 Å². The average Bonchev–Trinajstić information content (AvgIpc) is 2.62. The van der Waals surface area contributed by atoms with Crippen molar-refractivity contribution >= 4 is 23.3 Å². The van der Waals surface area contributed by atoms with Gasteiger partial charge >= 0.3 is 12.4 Å². The summed E-state index contributed by atoms with van der Waals surface area (Å²) in [5.74, 6) is -0.605. The molecule has 0 spiro atoms. The Morgan fingerprint density at radius 1 is 0.931 bits per heavy atom. The molecule has 29 heavy (non-hydrogen) atoms. The van der Waals surface area contributed by atoms with Crippen LogP contribution in [0.2, 0.25) is 0 Å². The highest BCUT2D eigenvalue weighted by molar-refractivity contribution is 6.00. The van der Waals surface area contributed by atoms with Gasteiger partial charge in [-0.25, -0.2) is 4.79 Å². The Balaban J connectivity index is 1.85. The summed E-state index contributed by atoms with van der Waals surface area (Å²) in [6, 6.07) is 10.4. The molecule has 0 fully saturated rings. The smallest absolute Gasteiger partial charge is 0.406 e. The summed E-state index contributed by atoms with van der Waals surface area (Å²) < 4.78 is 40.2. The van der Waals surface area contributed by atoms with E-state index in [-0.39, 0.29) is 17.3 Å². The number of urea groups is 1. The van der Waals surface area contributed by atoms with E-state index in [4.69, 9.17) is 0 Å². The van der Waals surface area contributed by atoms with Crippen LogP contribution in [0.4, 0.5) is 29.3 Å². The van der Waals surface area contributed by atoms with Gasteiger partial charge in [-0.3, -0.25) is 4.79 Å². The Kier molecular flexibility index (Phi) is 7.43. The molecule has 156 valence electrons. The molecule has 2 rings (SSSR count). The number of carbonyl (C=O) groups excluding carboxylic acids is 2. The highest BCUT2D eigenvalue weighted by Gasteiger charge is 2.30. The summed E-state index contributed by atoms with van der Waals surface area (Å²) in [6.07, 6.45) is -4.78. The van der Waals surface area contributed by atoms with Crippen LogP contribution in [-0.4, -0.2) is 50.4 Å². The monoisotopic (exact) mass is 410 g/mol. The number of benzene rings is 2. The molecule has 0 bridgehead atoms. The quantitative estimate of drug-likeness (QED) is 0.652. The molecular formula is C19H21F3N4O3. The number of nitrogens with one attached hydrogen (secondary N) is 3. The van der Waals surface area contributed by atoms with E-state index in [1.807, 2.05) is 19.0 Å². The predicted molar refractivity (Wildman–Crippen MR) is 103 cm³/mol. The Morgan fingerprint density at radius 2 is 1.45 bits per heavy atom. The lowest BCUT2D eigenvalue weighted by atomic mass is 10.2. The molecule has 10 heteroatoms. The minimum absolute atomic E-state index is 0.219. The third kappa shape index (κ3) is 8.09. The van der Waals surface area contributed by atoms with E-state index in [0.29, 0.717) is 17.8 Å². The second-order valence-electron chi connectivity index (χ2n) is 6.29. The number of likely N-dealkylation sites (N-methyl/N-ethyl adjacent to an activating group) is 1. The van der Waals surface area contributed by atoms with Crippen LogP contribution < -0.4 is 20.7 Å². The van der Waals surface area contributed by atoms with Gasteiger partial charge in [-0.2, -0.15) is 0 Å². The van der Waals surface area contributed by atoms with E-state index in [2.05, 4.69) is 20.7 Å². The topological polar surface area (TPSA) is 82.7 Å². The van der Waals surface area contributed by atoms with Gasteiger partial charge < -0.3 is 25.6 Å². The van der Waals surface area contributed by atoms with Crippen LogP contribution in [0.15, 0.2) is 48.5 Å². The fraction of sp³-hybridized carbons (Fsp3) is 0.263. The number of amides is 3. The van der Waals surface area contributed by atoms with E-state index < -0.39 is 12.4 Å². The summed E-state index contributed by atoms with van der Waals surface area (Å²) in [7, 11) is 3.81. The highest BCUT2D eigenvalue weighted by Crippen LogP contribution is 2.24. The van der Waals surface area contributed by atoms with Crippen LogP contribution in [0, 0.1) is 0 Å². The second-order valence-corrected chi connectivity index (χ2v) is 6.29. The van der Waals surface area contributed by atoms with Crippen LogP contribution in [0.25, 0.3) is 0 Å². The van der Waals surface area contributed by atoms with Gasteiger partial charge in [0.05, 0.1) is 0 Å². The fourth-order valence-corrected chi connectivity index (χ4v) is 2.23. The summed E-state index contributed by atoms with van der Waals surface area (Å²) in [5.41, 5.74) is 1.19. The minimum atomic E-state index is -4.78. The number of anilines is 2. The Labute approximate surface area is 165 Å². The van der Waals surface area contributed by atoms with Gasteiger partial charge in [-0.1, -0.05) is 0 Å². The van der Waals surface area contributed by atoms with Crippen molar-refractivity contribution in [2.45, 2.75) is 6.36 Å². The maximum Gasteiger partial charge on any atom is 0.573 e. The largest absolute Gasteiger partial charge is 0.573 e. The first kappa shape index (κ1) is 22.0. The Morgan fingerprint density at radius 3 is 1.93 bits per heavy atom. The standard InChI is InChI=1S/C19H21F3N4O3/c1-26(2)12-11-23-17(27)13-3-5-14(6-4-13)24-18(28)25-15-7-9-16(10-8-15)29-19(20,21)22/h3-10H,11-12H2,1-2H3,(H,23,27)(H2,24,25,28). The van der Waals surface area contributed by atoms with Gasteiger partial charge in [0.1, 0.15) is 5.75 Å². The predicted octanol–water partition coefficient (Wildman–Crippen LogP) is 3.52. The zero-order valence-corrected chi connectivity index (χ0v) is 15.8.